The van der Waals surface area contributed by atoms with Gasteiger partial charge in [-0.3, -0.25) is 10.1 Å². The third-order valence-corrected chi connectivity index (χ3v) is 5.68. The molecule has 0 atom stereocenters. The lowest BCUT2D eigenvalue weighted by Gasteiger charge is -2.32. The first-order valence-electron chi connectivity index (χ1n) is 10.5. The van der Waals surface area contributed by atoms with E-state index in [-0.39, 0.29) is 5.91 Å². The van der Waals surface area contributed by atoms with Gasteiger partial charge in [0.25, 0.3) is 5.91 Å². The highest BCUT2D eigenvalue weighted by atomic mass is 16.7. The Balaban J connectivity index is 1.68. The lowest BCUT2D eigenvalue weighted by Crippen LogP contribution is -2.36. The Kier molecular flexibility index (Phi) is 5.95. The molecule has 0 spiro atoms. The molecule has 2 aromatic carbocycles. The molecule has 4 rings (SSSR count). The Hall–Kier alpha value is -3.32. The van der Waals surface area contributed by atoms with E-state index in [9.17, 15) is 9.59 Å². The summed E-state index contributed by atoms with van der Waals surface area (Å²) >= 11 is 0. The van der Waals surface area contributed by atoms with Gasteiger partial charge in [0, 0.05) is 36.3 Å². The van der Waals surface area contributed by atoms with E-state index >= 15 is 0 Å². The molecule has 0 unspecified atom stereocenters. The van der Waals surface area contributed by atoms with Gasteiger partial charge < -0.3 is 14.5 Å². The van der Waals surface area contributed by atoms with Crippen molar-refractivity contribution in [3.8, 4) is 11.1 Å². The van der Waals surface area contributed by atoms with Crippen LogP contribution < -0.4 is 10.2 Å². The Morgan fingerprint density at radius 1 is 1.03 bits per heavy atom. The SMILES string of the molecule is C=C1CCC(=O)N1OC(=O)Nc1cccc(C)c1-c1c(C)cccc1N1CCOCC1. The number of nitrogens with one attached hydrogen (secondary N) is 1. The molecule has 0 bridgehead atoms. The standard InChI is InChI=1S/C24H27N3O4/c1-16-6-4-8-19(25-24(29)31-27-18(3)10-11-21(27)28)22(16)23-17(2)7-5-9-20(23)26-12-14-30-15-13-26/h4-9H,3,10-15H2,1-2H3,(H,25,29). The Labute approximate surface area is 182 Å². The summed E-state index contributed by atoms with van der Waals surface area (Å²) in [6, 6.07) is 12.0. The molecule has 31 heavy (non-hydrogen) atoms. The number of rotatable bonds is 4. The number of carbonyl (C=O) groups is 2. The van der Waals surface area contributed by atoms with E-state index < -0.39 is 6.09 Å². The van der Waals surface area contributed by atoms with Gasteiger partial charge in [-0.2, -0.15) is 0 Å². The average molecular weight is 421 g/mol. The zero-order chi connectivity index (χ0) is 22.0. The molecule has 2 amide bonds. The molecule has 162 valence electrons. The van der Waals surface area contributed by atoms with Gasteiger partial charge in [0.05, 0.1) is 24.6 Å². The number of ether oxygens (including phenoxy) is 1. The third-order valence-electron chi connectivity index (χ3n) is 5.68. The van der Waals surface area contributed by atoms with Crippen LogP contribution in [-0.4, -0.2) is 43.4 Å². The summed E-state index contributed by atoms with van der Waals surface area (Å²) in [5.41, 5.74) is 6.37. The summed E-state index contributed by atoms with van der Waals surface area (Å²) in [6.45, 7) is 10.9. The van der Waals surface area contributed by atoms with Gasteiger partial charge in [0.15, 0.2) is 0 Å². The largest absolute Gasteiger partial charge is 0.436 e. The fourth-order valence-corrected chi connectivity index (χ4v) is 4.11. The molecule has 0 saturated carbocycles. The van der Waals surface area contributed by atoms with Crippen molar-refractivity contribution in [2.45, 2.75) is 26.7 Å². The smallest absolute Gasteiger partial charge is 0.378 e. The predicted octanol–water partition coefficient (Wildman–Crippen LogP) is 4.41. The maximum Gasteiger partial charge on any atom is 0.436 e. The van der Waals surface area contributed by atoms with Crippen LogP contribution in [0.2, 0.25) is 0 Å². The van der Waals surface area contributed by atoms with Gasteiger partial charge in [0.1, 0.15) is 0 Å². The minimum absolute atomic E-state index is 0.266. The van der Waals surface area contributed by atoms with Crippen molar-refractivity contribution in [1.82, 2.24) is 5.06 Å². The molecule has 2 aliphatic rings. The number of hydrogen-bond donors (Lipinski definition) is 1. The first kappa shape index (κ1) is 20.9. The molecule has 0 radical (unpaired) electrons. The average Bonchev–Trinajstić information content (AvgIpc) is 3.07. The summed E-state index contributed by atoms with van der Waals surface area (Å²) in [6.07, 6.45) is 0.0757. The zero-order valence-corrected chi connectivity index (χ0v) is 17.9. The third kappa shape index (κ3) is 4.27. The minimum atomic E-state index is -0.718. The highest BCUT2D eigenvalue weighted by Gasteiger charge is 2.29. The fourth-order valence-electron chi connectivity index (χ4n) is 4.11. The molecule has 2 aromatic rings. The van der Waals surface area contributed by atoms with Crippen LogP contribution in [0, 0.1) is 13.8 Å². The van der Waals surface area contributed by atoms with E-state index in [1.165, 1.54) is 0 Å². The van der Waals surface area contributed by atoms with Crippen molar-refractivity contribution in [3.63, 3.8) is 0 Å². The highest BCUT2D eigenvalue weighted by Crippen LogP contribution is 2.40. The van der Waals surface area contributed by atoms with Crippen molar-refractivity contribution < 1.29 is 19.2 Å². The second kappa shape index (κ2) is 8.81. The summed E-state index contributed by atoms with van der Waals surface area (Å²) in [5.74, 6) is -0.266. The Bertz CT molecular complexity index is 1010. The lowest BCUT2D eigenvalue weighted by molar-refractivity contribution is -0.151. The maximum atomic E-state index is 12.6. The number of hydrogen-bond acceptors (Lipinski definition) is 5. The van der Waals surface area contributed by atoms with E-state index in [1.807, 2.05) is 31.2 Å². The number of anilines is 2. The van der Waals surface area contributed by atoms with Crippen molar-refractivity contribution in [2.75, 3.05) is 36.5 Å². The lowest BCUT2D eigenvalue weighted by atomic mass is 9.92. The van der Waals surface area contributed by atoms with Gasteiger partial charge in [-0.25, -0.2) is 4.79 Å². The van der Waals surface area contributed by atoms with E-state index in [4.69, 9.17) is 9.57 Å². The van der Waals surface area contributed by atoms with Gasteiger partial charge in [-0.1, -0.05) is 30.8 Å². The molecule has 2 saturated heterocycles. The van der Waals surface area contributed by atoms with Gasteiger partial charge in [-0.05, 0) is 43.5 Å². The first-order valence-corrected chi connectivity index (χ1v) is 10.5. The molecule has 2 aliphatic heterocycles. The molecule has 2 fully saturated rings. The number of allylic oxidation sites excluding steroid dienone is 1. The van der Waals surface area contributed by atoms with E-state index in [0.29, 0.717) is 37.4 Å². The number of amides is 2. The van der Waals surface area contributed by atoms with Crippen molar-refractivity contribution in [1.29, 1.82) is 0 Å². The topological polar surface area (TPSA) is 71.1 Å². The van der Waals surface area contributed by atoms with Crippen molar-refractivity contribution in [2.24, 2.45) is 0 Å². The van der Waals surface area contributed by atoms with Crippen LogP contribution in [0.25, 0.3) is 11.1 Å². The van der Waals surface area contributed by atoms with Crippen molar-refractivity contribution in [3.05, 3.63) is 59.8 Å². The minimum Gasteiger partial charge on any atom is -0.378 e. The zero-order valence-electron chi connectivity index (χ0n) is 17.9. The van der Waals surface area contributed by atoms with Crippen LogP contribution in [0.1, 0.15) is 24.0 Å². The van der Waals surface area contributed by atoms with E-state index in [2.05, 4.69) is 35.9 Å². The summed E-state index contributed by atoms with van der Waals surface area (Å²) in [7, 11) is 0. The summed E-state index contributed by atoms with van der Waals surface area (Å²) < 4.78 is 5.52. The maximum absolute atomic E-state index is 12.6. The number of hydroxylamine groups is 2. The quantitative estimate of drug-likeness (QED) is 0.792. The van der Waals surface area contributed by atoms with Gasteiger partial charge in [0.2, 0.25) is 0 Å². The van der Waals surface area contributed by atoms with Crippen LogP contribution in [0.15, 0.2) is 48.7 Å². The fraction of sp³-hybridized carbons (Fsp3) is 0.333. The monoisotopic (exact) mass is 421 g/mol. The first-order chi connectivity index (χ1) is 15.0. The number of nitrogens with zero attached hydrogens (tertiary/aromatic N) is 2. The van der Waals surface area contributed by atoms with Crippen LogP contribution in [-0.2, 0) is 14.4 Å². The highest BCUT2D eigenvalue weighted by molar-refractivity contribution is 5.97. The van der Waals surface area contributed by atoms with Gasteiger partial charge in [-0.15, -0.1) is 5.06 Å². The number of morpholine rings is 1. The molecule has 7 nitrogen and oxygen atoms in total. The summed E-state index contributed by atoms with van der Waals surface area (Å²) in [4.78, 5) is 32.1. The molecule has 1 N–H and O–H groups in total. The normalized spacial score (nSPS) is 16.6. The Morgan fingerprint density at radius 2 is 1.71 bits per heavy atom. The number of aryl methyl sites for hydroxylation is 2. The second-order valence-electron chi connectivity index (χ2n) is 7.82. The second-order valence-corrected chi connectivity index (χ2v) is 7.82. The molecule has 2 heterocycles. The summed E-state index contributed by atoms with van der Waals surface area (Å²) in [5, 5.41) is 3.82. The van der Waals surface area contributed by atoms with Crippen LogP contribution >= 0.6 is 0 Å². The molecular weight excluding hydrogens is 394 g/mol. The van der Waals surface area contributed by atoms with Gasteiger partial charge >= 0.3 is 6.09 Å². The number of carbonyl (C=O) groups excluding carboxylic acids is 2. The van der Waals surface area contributed by atoms with Crippen LogP contribution in [0.5, 0.6) is 0 Å². The van der Waals surface area contributed by atoms with E-state index in [1.54, 1.807) is 0 Å². The van der Waals surface area contributed by atoms with E-state index in [0.717, 1.165) is 46.1 Å². The predicted molar refractivity (Wildman–Crippen MR) is 120 cm³/mol. The van der Waals surface area contributed by atoms with Crippen LogP contribution in [0.4, 0.5) is 16.2 Å². The van der Waals surface area contributed by atoms with Crippen molar-refractivity contribution >= 4 is 23.4 Å². The molecule has 0 aromatic heterocycles. The van der Waals surface area contributed by atoms with Crippen LogP contribution in [0.3, 0.4) is 0 Å². The molecule has 0 aliphatic carbocycles. The molecule has 7 heteroatoms. The Morgan fingerprint density at radius 3 is 2.39 bits per heavy atom. The molecular formula is C24H27N3O4. The number of benzene rings is 2.